The normalized spacial score (nSPS) is 22.3. The van der Waals surface area contributed by atoms with Crippen molar-refractivity contribution >= 4 is 23.2 Å². The fourth-order valence-electron chi connectivity index (χ4n) is 4.32. The third-order valence-electron chi connectivity index (χ3n) is 5.80. The van der Waals surface area contributed by atoms with Crippen molar-refractivity contribution in [3.05, 3.63) is 70.7 Å². The van der Waals surface area contributed by atoms with Crippen LogP contribution in [-0.2, 0) is 14.3 Å². The maximum absolute atomic E-state index is 13.0. The SMILES string of the molecule is O=C(C[C@@H](c1ccc(Cl)cc1)[C@@H]1CC2(CCC1=O)OCCO2)c1ccccc1. The van der Waals surface area contributed by atoms with E-state index in [-0.39, 0.29) is 29.8 Å². The Labute approximate surface area is 169 Å². The van der Waals surface area contributed by atoms with E-state index in [2.05, 4.69) is 0 Å². The van der Waals surface area contributed by atoms with Gasteiger partial charge in [0.15, 0.2) is 11.6 Å². The van der Waals surface area contributed by atoms with E-state index in [0.29, 0.717) is 43.1 Å². The second-order valence-electron chi connectivity index (χ2n) is 7.54. The van der Waals surface area contributed by atoms with Crippen LogP contribution < -0.4 is 0 Å². The molecule has 2 aromatic rings. The highest BCUT2D eigenvalue weighted by Crippen LogP contribution is 2.44. The monoisotopic (exact) mass is 398 g/mol. The van der Waals surface area contributed by atoms with Gasteiger partial charge in [0.05, 0.1) is 13.2 Å². The van der Waals surface area contributed by atoms with Gasteiger partial charge in [0.2, 0.25) is 0 Å². The third kappa shape index (κ3) is 4.04. The van der Waals surface area contributed by atoms with Crippen molar-refractivity contribution in [2.24, 2.45) is 5.92 Å². The van der Waals surface area contributed by atoms with E-state index in [4.69, 9.17) is 21.1 Å². The van der Waals surface area contributed by atoms with Gasteiger partial charge in [0.1, 0.15) is 5.78 Å². The molecule has 0 N–H and O–H groups in total. The number of halogens is 1. The highest BCUT2D eigenvalue weighted by Gasteiger charge is 2.47. The van der Waals surface area contributed by atoms with Crippen molar-refractivity contribution in [2.45, 2.75) is 37.4 Å². The van der Waals surface area contributed by atoms with E-state index in [0.717, 1.165) is 5.56 Å². The van der Waals surface area contributed by atoms with Crippen molar-refractivity contribution in [2.75, 3.05) is 13.2 Å². The number of rotatable bonds is 5. The Bertz CT molecular complexity index is 841. The molecule has 0 amide bonds. The average molecular weight is 399 g/mol. The molecule has 0 radical (unpaired) electrons. The van der Waals surface area contributed by atoms with E-state index < -0.39 is 5.79 Å². The number of carbonyl (C=O) groups is 2. The van der Waals surface area contributed by atoms with E-state index in [1.54, 1.807) is 0 Å². The van der Waals surface area contributed by atoms with Gasteiger partial charge in [-0.25, -0.2) is 0 Å². The van der Waals surface area contributed by atoms with Crippen LogP contribution in [0.25, 0.3) is 0 Å². The minimum atomic E-state index is -0.682. The first-order valence-corrected chi connectivity index (χ1v) is 10.1. The second kappa shape index (κ2) is 8.16. The van der Waals surface area contributed by atoms with Crippen LogP contribution in [-0.4, -0.2) is 30.6 Å². The van der Waals surface area contributed by atoms with E-state index >= 15 is 0 Å². The fraction of sp³-hybridized carbons (Fsp3) is 0.391. The molecule has 0 aromatic heterocycles. The molecule has 1 aliphatic heterocycles. The molecule has 1 saturated carbocycles. The minimum Gasteiger partial charge on any atom is -0.347 e. The van der Waals surface area contributed by atoms with Crippen molar-refractivity contribution < 1.29 is 19.1 Å². The lowest BCUT2D eigenvalue weighted by atomic mass is 9.71. The van der Waals surface area contributed by atoms with Gasteiger partial charge < -0.3 is 9.47 Å². The number of hydrogen-bond acceptors (Lipinski definition) is 4. The molecule has 1 aliphatic carbocycles. The topological polar surface area (TPSA) is 52.6 Å². The summed E-state index contributed by atoms with van der Waals surface area (Å²) in [6.45, 7) is 1.10. The lowest BCUT2D eigenvalue weighted by Crippen LogP contribution is -2.43. The summed E-state index contributed by atoms with van der Waals surface area (Å²) in [7, 11) is 0. The van der Waals surface area contributed by atoms with Gasteiger partial charge in [-0.1, -0.05) is 54.1 Å². The van der Waals surface area contributed by atoms with Crippen LogP contribution in [0.5, 0.6) is 0 Å². The lowest BCUT2D eigenvalue weighted by Gasteiger charge is -2.38. The number of benzene rings is 2. The number of Topliss-reactive ketones (excluding diaryl/α,β-unsaturated/α-hetero) is 2. The van der Waals surface area contributed by atoms with Crippen molar-refractivity contribution in [3.8, 4) is 0 Å². The minimum absolute atomic E-state index is 0.0289. The Morgan fingerprint density at radius 3 is 2.43 bits per heavy atom. The van der Waals surface area contributed by atoms with Gasteiger partial charge in [-0.15, -0.1) is 0 Å². The smallest absolute Gasteiger partial charge is 0.169 e. The lowest BCUT2D eigenvalue weighted by molar-refractivity contribution is -0.190. The number of carbonyl (C=O) groups excluding carboxylic acids is 2. The first-order valence-electron chi connectivity index (χ1n) is 9.71. The van der Waals surface area contributed by atoms with Crippen LogP contribution in [0.3, 0.4) is 0 Å². The van der Waals surface area contributed by atoms with Crippen LogP contribution in [0.4, 0.5) is 0 Å². The first-order chi connectivity index (χ1) is 13.6. The molecular formula is C23H23ClO4. The summed E-state index contributed by atoms with van der Waals surface area (Å²) in [5, 5.41) is 0.630. The van der Waals surface area contributed by atoms with Gasteiger partial charge in [-0.3, -0.25) is 9.59 Å². The van der Waals surface area contributed by atoms with Crippen LogP contribution in [0.15, 0.2) is 54.6 Å². The van der Waals surface area contributed by atoms with Gasteiger partial charge in [-0.05, 0) is 17.7 Å². The summed E-state index contributed by atoms with van der Waals surface area (Å²) < 4.78 is 11.7. The number of ketones is 2. The second-order valence-corrected chi connectivity index (χ2v) is 7.97. The zero-order valence-corrected chi connectivity index (χ0v) is 16.4. The molecule has 0 unspecified atom stereocenters. The largest absolute Gasteiger partial charge is 0.347 e. The van der Waals surface area contributed by atoms with Crippen LogP contribution >= 0.6 is 11.6 Å². The average Bonchev–Trinajstić information content (AvgIpc) is 3.18. The summed E-state index contributed by atoms with van der Waals surface area (Å²) in [5.41, 5.74) is 1.61. The summed E-state index contributed by atoms with van der Waals surface area (Å²) >= 11 is 6.06. The van der Waals surface area contributed by atoms with Crippen molar-refractivity contribution in [1.29, 1.82) is 0 Å². The summed E-state index contributed by atoms with van der Waals surface area (Å²) in [6.07, 6.45) is 1.75. The highest BCUT2D eigenvalue weighted by molar-refractivity contribution is 6.30. The fourth-order valence-corrected chi connectivity index (χ4v) is 4.45. The van der Waals surface area contributed by atoms with Gasteiger partial charge >= 0.3 is 0 Å². The van der Waals surface area contributed by atoms with E-state index in [1.807, 2.05) is 54.6 Å². The maximum atomic E-state index is 13.0. The molecule has 1 spiro atoms. The molecule has 28 heavy (non-hydrogen) atoms. The van der Waals surface area contributed by atoms with Crippen molar-refractivity contribution in [1.82, 2.24) is 0 Å². The molecule has 5 heteroatoms. The van der Waals surface area contributed by atoms with Gasteiger partial charge in [0.25, 0.3) is 0 Å². The van der Waals surface area contributed by atoms with E-state index in [1.165, 1.54) is 0 Å². The molecule has 2 fully saturated rings. The standard InChI is InChI=1S/C23H23ClO4/c24-18-8-6-16(7-9-18)19(14-22(26)17-4-2-1-3-5-17)20-15-23(11-10-21(20)25)27-12-13-28-23/h1-9,19-20H,10-15H2/t19-,20-/m0/s1. The van der Waals surface area contributed by atoms with Gasteiger partial charge in [-0.2, -0.15) is 0 Å². The Hall–Kier alpha value is -2.01. The third-order valence-corrected chi connectivity index (χ3v) is 6.05. The maximum Gasteiger partial charge on any atom is 0.169 e. The first kappa shape index (κ1) is 19.3. The molecule has 2 aliphatic rings. The van der Waals surface area contributed by atoms with Crippen LogP contribution in [0, 0.1) is 5.92 Å². The molecule has 1 saturated heterocycles. The molecule has 1 heterocycles. The number of ether oxygens (including phenoxy) is 2. The molecule has 4 rings (SSSR count). The quantitative estimate of drug-likeness (QED) is 0.678. The van der Waals surface area contributed by atoms with Crippen LogP contribution in [0.2, 0.25) is 5.02 Å². The molecule has 0 bridgehead atoms. The molecular weight excluding hydrogens is 376 g/mol. The van der Waals surface area contributed by atoms with Crippen LogP contribution in [0.1, 0.15) is 47.5 Å². The predicted octanol–water partition coefficient (Wildman–Crippen LogP) is 4.81. The molecule has 146 valence electrons. The Kier molecular flexibility index (Phi) is 5.63. The Morgan fingerprint density at radius 2 is 1.75 bits per heavy atom. The number of hydrogen-bond donors (Lipinski definition) is 0. The van der Waals surface area contributed by atoms with E-state index in [9.17, 15) is 9.59 Å². The molecule has 2 atom stereocenters. The summed E-state index contributed by atoms with van der Waals surface area (Å²) in [5.74, 6) is -1.03. The zero-order valence-electron chi connectivity index (χ0n) is 15.6. The molecule has 4 nitrogen and oxygen atoms in total. The van der Waals surface area contributed by atoms with Gasteiger partial charge in [0, 0.05) is 48.1 Å². The van der Waals surface area contributed by atoms with Crippen molar-refractivity contribution in [3.63, 3.8) is 0 Å². The molecule has 2 aromatic carbocycles. The zero-order chi connectivity index (χ0) is 19.6. The highest BCUT2D eigenvalue weighted by atomic mass is 35.5. The Balaban J connectivity index is 1.64. The predicted molar refractivity (Wildman–Crippen MR) is 107 cm³/mol. The Morgan fingerprint density at radius 1 is 1.07 bits per heavy atom. The summed E-state index contributed by atoms with van der Waals surface area (Å²) in [4.78, 5) is 25.8. The summed E-state index contributed by atoms with van der Waals surface area (Å²) in [6, 6.07) is 16.7.